The highest BCUT2D eigenvalue weighted by atomic mass is 19.2. The topological polar surface area (TPSA) is 87.1 Å². The van der Waals surface area contributed by atoms with E-state index >= 15 is 4.39 Å². The Hall–Kier alpha value is -3.43. The largest absolute Gasteiger partial charge is 0.486 e. The molecule has 2 heterocycles. The van der Waals surface area contributed by atoms with E-state index in [2.05, 4.69) is 6.58 Å². The van der Waals surface area contributed by atoms with Gasteiger partial charge in [0.05, 0.1) is 23.6 Å². The number of benzene rings is 1. The highest BCUT2D eigenvalue weighted by Gasteiger charge is 2.36. The quantitative estimate of drug-likeness (QED) is 0.417. The van der Waals surface area contributed by atoms with Gasteiger partial charge >= 0.3 is 12.1 Å². The molecule has 194 valence electrons. The molecule has 2 aliphatic rings. The number of esters is 1. The van der Waals surface area contributed by atoms with E-state index in [9.17, 15) is 18.8 Å². The van der Waals surface area contributed by atoms with Gasteiger partial charge in [0.25, 0.3) is 0 Å². The van der Waals surface area contributed by atoms with Crippen molar-refractivity contribution in [3.05, 3.63) is 51.8 Å². The van der Waals surface area contributed by atoms with E-state index in [0.717, 1.165) is 24.5 Å². The zero-order chi connectivity index (χ0) is 26.4. The SMILES string of the molecule is C=C1CC(COc2c(F)c(F)cc3c(=O)c(C(=O)OCC)cn(C4CC4)c23)N(C(=O)OC(C)(C)C)C1. The number of hydrogen-bond acceptors (Lipinski definition) is 6. The Morgan fingerprint density at radius 1 is 1.22 bits per heavy atom. The Morgan fingerprint density at radius 3 is 2.53 bits per heavy atom. The van der Waals surface area contributed by atoms with E-state index in [1.54, 1.807) is 32.3 Å². The number of fused-ring (bicyclic) bond motifs is 1. The van der Waals surface area contributed by atoms with Gasteiger partial charge in [0.15, 0.2) is 11.6 Å². The molecule has 0 radical (unpaired) electrons. The molecule has 4 rings (SSSR count). The number of halogens is 2. The van der Waals surface area contributed by atoms with Gasteiger partial charge < -0.3 is 18.8 Å². The van der Waals surface area contributed by atoms with Crippen molar-refractivity contribution in [3.8, 4) is 5.75 Å². The third kappa shape index (κ3) is 5.08. The number of hydrogen-bond donors (Lipinski definition) is 0. The number of aromatic nitrogens is 1. The van der Waals surface area contributed by atoms with Crippen LogP contribution in [-0.2, 0) is 9.47 Å². The number of nitrogens with zero attached hydrogens (tertiary/aromatic N) is 2. The zero-order valence-corrected chi connectivity index (χ0v) is 20.9. The van der Waals surface area contributed by atoms with Crippen molar-refractivity contribution in [3.63, 3.8) is 0 Å². The summed E-state index contributed by atoms with van der Waals surface area (Å²) < 4.78 is 47.6. The van der Waals surface area contributed by atoms with Crippen LogP contribution in [0, 0.1) is 11.6 Å². The van der Waals surface area contributed by atoms with E-state index in [4.69, 9.17) is 14.2 Å². The Morgan fingerprint density at radius 2 is 1.92 bits per heavy atom. The minimum Gasteiger partial charge on any atom is -0.486 e. The normalized spacial score (nSPS) is 18.0. The number of carbonyl (C=O) groups is 2. The lowest BCUT2D eigenvalue weighted by Crippen LogP contribution is -2.42. The van der Waals surface area contributed by atoms with E-state index in [-0.39, 0.29) is 42.3 Å². The van der Waals surface area contributed by atoms with Crippen LogP contribution < -0.4 is 10.2 Å². The average molecular weight is 505 g/mol. The maximum Gasteiger partial charge on any atom is 0.410 e. The van der Waals surface area contributed by atoms with Crippen LogP contribution in [0.1, 0.15) is 63.4 Å². The number of likely N-dealkylation sites (tertiary alicyclic amines) is 1. The van der Waals surface area contributed by atoms with Crippen molar-refractivity contribution >= 4 is 23.0 Å². The third-order valence-electron chi connectivity index (χ3n) is 6.01. The fourth-order valence-corrected chi connectivity index (χ4v) is 4.30. The molecule has 0 bridgehead atoms. The Labute approximate surface area is 207 Å². The summed E-state index contributed by atoms with van der Waals surface area (Å²) >= 11 is 0. The third-order valence-corrected chi connectivity index (χ3v) is 6.01. The molecule has 1 aromatic heterocycles. The second-order valence-corrected chi connectivity index (χ2v) is 10.2. The number of rotatable bonds is 6. The molecule has 1 unspecified atom stereocenters. The highest BCUT2D eigenvalue weighted by Crippen LogP contribution is 2.41. The first kappa shape index (κ1) is 25.7. The van der Waals surface area contributed by atoms with Crippen molar-refractivity contribution in [2.45, 2.75) is 64.6 Å². The molecule has 10 heteroatoms. The predicted octanol–water partition coefficient (Wildman–Crippen LogP) is 4.74. The van der Waals surface area contributed by atoms with E-state index in [0.29, 0.717) is 6.42 Å². The van der Waals surface area contributed by atoms with Gasteiger partial charge in [-0.2, -0.15) is 4.39 Å². The summed E-state index contributed by atoms with van der Waals surface area (Å²) in [6, 6.07) is 0.161. The molecule has 36 heavy (non-hydrogen) atoms. The molecule has 2 fully saturated rings. The van der Waals surface area contributed by atoms with Crippen LogP contribution in [0.3, 0.4) is 0 Å². The zero-order valence-electron chi connectivity index (χ0n) is 20.9. The first-order chi connectivity index (χ1) is 16.9. The summed E-state index contributed by atoms with van der Waals surface area (Å²) in [7, 11) is 0. The van der Waals surface area contributed by atoms with Crippen LogP contribution in [0.25, 0.3) is 10.9 Å². The second-order valence-electron chi connectivity index (χ2n) is 10.2. The number of carbonyl (C=O) groups excluding carboxylic acids is 2. The molecule has 1 aliphatic carbocycles. The fourth-order valence-electron chi connectivity index (χ4n) is 4.30. The Bertz CT molecular complexity index is 1290. The number of amides is 1. The van der Waals surface area contributed by atoms with E-state index in [1.165, 1.54) is 11.1 Å². The summed E-state index contributed by atoms with van der Waals surface area (Å²) in [6.45, 7) is 10.9. The molecule has 0 spiro atoms. The molecular formula is C26H30F2N2O6. The minimum absolute atomic E-state index is 0.0622. The van der Waals surface area contributed by atoms with Gasteiger partial charge in [-0.1, -0.05) is 12.2 Å². The maximum atomic E-state index is 15.1. The molecular weight excluding hydrogens is 474 g/mol. The molecule has 1 atom stereocenters. The number of ether oxygens (including phenoxy) is 3. The summed E-state index contributed by atoms with van der Waals surface area (Å²) in [4.78, 5) is 39.6. The van der Waals surface area contributed by atoms with Gasteiger partial charge in [-0.3, -0.25) is 9.69 Å². The first-order valence-corrected chi connectivity index (χ1v) is 11.9. The van der Waals surface area contributed by atoms with Crippen molar-refractivity contribution in [1.82, 2.24) is 9.47 Å². The predicted molar refractivity (Wildman–Crippen MR) is 128 cm³/mol. The van der Waals surface area contributed by atoms with Gasteiger partial charge in [0.2, 0.25) is 11.2 Å². The lowest BCUT2D eigenvalue weighted by molar-refractivity contribution is 0.0189. The van der Waals surface area contributed by atoms with Crippen molar-refractivity contribution in [2.24, 2.45) is 0 Å². The second kappa shape index (κ2) is 9.55. The monoisotopic (exact) mass is 504 g/mol. The molecule has 1 aromatic carbocycles. The molecule has 8 nitrogen and oxygen atoms in total. The van der Waals surface area contributed by atoms with Gasteiger partial charge in [-0.25, -0.2) is 14.0 Å². The minimum atomic E-state index is -1.28. The maximum absolute atomic E-state index is 15.1. The first-order valence-electron chi connectivity index (χ1n) is 11.9. The van der Waals surface area contributed by atoms with Crippen molar-refractivity contribution in [1.29, 1.82) is 0 Å². The number of pyridine rings is 1. The molecule has 2 aromatic rings. The van der Waals surface area contributed by atoms with Crippen LogP contribution in [-0.4, -0.2) is 52.9 Å². The Balaban J connectivity index is 1.74. The molecule has 1 saturated carbocycles. The summed E-state index contributed by atoms with van der Waals surface area (Å²) in [5, 5.41) is -0.179. The standard InChI is InChI=1S/C26H30F2N2O6/c1-6-34-24(32)18-12-29(15-7-8-15)21-17(22(18)31)10-19(27)20(28)23(21)35-13-16-9-14(2)11-30(16)25(33)36-26(3,4)5/h10,12,15-16H,2,6-9,11,13H2,1,3-5H3. The van der Waals surface area contributed by atoms with Crippen LogP contribution in [0.15, 0.2) is 29.2 Å². The lowest BCUT2D eigenvalue weighted by Gasteiger charge is -2.28. The van der Waals surface area contributed by atoms with Crippen LogP contribution in [0.5, 0.6) is 5.75 Å². The van der Waals surface area contributed by atoms with Gasteiger partial charge in [0.1, 0.15) is 17.8 Å². The van der Waals surface area contributed by atoms with Crippen molar-refractivity contribution < 1.29 is 32.6 Å². The molecule has 1 amide bonds. The lowest BCUT2D eigenvalue weighted by atomic mass is 10.1. The molecule has 1 saturated heterocycles. The highest BCUT2D eigenvalue weighted by molar-refractivity contribution is 5.95. The average Bonchev–Trinajstić information content (AvgIpc) is 3.55. The van der Waals surface area contributed by atoms with Crippen LogP contribution in [0.4, 0.5) is 13.6 Å². The van der Waals surface area contributed by atoms with Crippen LogP contribution >= 0.6 is 0 Å². The van der Waals surface area contributed by atoms with Gasteiger partial charge in [-0.05, 0) is 53.0 Å². The Kier molecular flexibility index (Phi) is 6.81. The van der Waals surface area contributed by atoms with Gasteiger partial charge in [0, 0.05) is 18.8 Å². The van der Waals surface area contributed by atoms with Crippen LogP contribution in [0.2, 0.25) is 0 Å². The molecule has 1 aliphatic heterocycles. The van der Waals surface area contributed by atoms with Gasteiger partial charge in [-0.15, -0.1) is 0 Å². The molecule has 0 N–H and O–H groups in total. The summed E-state index contributed by atoms with van der Waals surface area (Å²) in [6.07, 6.45) is 2.65. The smallest absolute Gasteiger partial charge is 0.410 e. The van der Waals surface area contributed by atoms with E-state index < -0.39 is 46.5 Å². The summed E-state index contributed by atoms with van der Waals surface area (Å²) in [5.74, 6) is -3.80. The van der Waals surface area contributed by atoms with Crippen molar-refractivity contribution in [2.75, 3.05) is 19.8 Å². The fraction of sp³-hybridized carbons (Fsp3) is 0.500. The summed E-state index contributed by atoms with van der Waals surface area (Å²) in [5.41, 5.74) is -0.901. The van der Waals surface area contributed by atoms with E-state index in [1.807, 2.05) is 0 Å².